The molecular weight excluding hydrogens is 342 g/mol. The first-order valence-electron chi connectivity index (χ1n) is 7.45. The van der Waals surface area contributed by atoms with E-state index in [0.29, 0.717) is 23.7 Å². The van der Waals surface area contributed by atoms with Gasteiger partial charge in [-0.15, -0.1) is 0 Å². The molecule has 0 saturated heterocycles. The number of aromatic amines is 1. The molecule has 0 atom stereocenters. The molecular formula is C17H17N3O4S. The molecule has 1 N–H and O–H groups in total. The van der Waals surface area contributed by atoms with Crippen LogP contribution in [-0.2, 0) is 16.4 Å². The van der Waals surface area contributed by atoms with Gasteiger partial charge >= 0.3 is 0 Å². The molecule has 3 rings (SSSR count). The van der Waals surface area contributed by atoms with Gasteiger partial charge in [0.1, 0.15) is 6.61 Å². The lowest BCUT2D eigenvalue weighted by atomic mass is 10.2. The van der Waals surface area contributed by atoms with Gasteiger partial charge in [0.2, 0.25) is 15.0 Å². The molecule has 0 aliphatic rings. The van der Waals surface area contributed by atoms with Crippen LogP contribution in [0.15, 0.2) is 53.7 Å². The van der Waals surface area contributed by atoms with Crippen LogP contribution in [0.25, 0.3) is 11.4 Å². The fourth-order valence-electron chi connectivity index (χ4n) is 2.21. The maximum Gasteiger partial charge on any atom is 0.243 e. The number of ether oxygens (including phenoxy) is 2. The number of benzene rings is 2. The predicted octanol–water partition coefficient (Wildman–Crippen LogP) is 2.46. The molecule has 0 aliphatic heterocycles. The van der Waals surface area contributed by atoms with Crippen LogP contribution in [-0.4, -0.2) is 37.0 Å². The van der Waals surface area contributed by atoms with Crippen LogP contribution in [0.3, 0.4) is 0 Å². The molecule has 0 unspecified atom stereocenters. The topological polar surface area (TPSA) is 94.2 Å². The summed E-state index contributed by atoms with van der Waals surface area (Å²) in [5.74, 6) is 1.36. The third kappa shape index (κ3) is 3.97. The zero-order chi connectivity index (χ0) is 17.9. The lowest BCUT2D eigenvalue weighted by molar-refractivity contribution is 0.284. The zero-order valence-corrected chi connectivity index (χ0v) is 14.6. The van der Waals surface area contributed by atoms with E-state index in [2.05, 4.69) is 15.2 Å². The molecule has 130 valence electrons. The van der Waals surface area contributed by atoms with E-state index in [9.17, 15) is 8.42 Å². The summed E-state index contributed by atoms with van der Waals surface area (Å²) in [7, 11) is -1.89. The van der Waals surface area contributed by atoms with Crippen LogP contribution in [0.1, 0.15) is 5.56 Å². The maximum atomic E-state index is 11.5. The van der Waals surface area contributed by atoms with Gasteiger partial charge in [-0.25, -0.2) is 13.5 Å². The minimum absolute atomic E-state index is 0.176. The maximum absolute atomic E-state index is 11.5. The van der Waals surface area contributed by atoms with Crippen molar-refractivity contribution in [3.05, 3.63) is 54.1 Å². The van der Waals surface area contributed by atoms with Crippen LogP contribution in [0.4, 0.5) is 0 Å². The van der Waals surface area contributed by atoms with Crippen molar-refractivity contribution in [1.29, 1.82) is 0 Å². The second kappa shape index (κ2) is 6.94. The summed E-state index contributed by atoms with van der Waals surface area (Å²) in [6.07, 6.45) is 1.07. The van der Waals surface area contributed by atoms with E-state index >= 15 is 0 Å². The van der Waals surface area contributed by atoms with Crippen molar-refractivity contribution in [3.63, 3.8) is 0 Å². The largest absolute Gasteiger partial charge is 0.493 e. The summed E-state index contributed by atoms with van der Waals surface area (Å²) in [5, 5.41) is 6.21. The lowest BCUT2D eigenvalue weighted by Gasteiger charge is -2.11. The monoisotopic (exact) mass is 359 g/mol. The summed E-state index contributed by atoms with van der Waals surface area (Å²) >= 11 is 0. The number of nitrogens with one attached hydrogen (secondary N) is 1. The van der Waals surface area contributed by atoms with Crippen LogP contribution in [0, 0.1) is 0 Å². The molecule has 2 aromatic carbocycles. The number of methoxy groups -OCH3 is 1. The van der Waals surface area contributed by atoms with Crippen molar-refractivity contribution in [2.75, 3.05) is 13.4 Å². The van der Waals surface area contributed by atoms with E-state index in [4.69, 9.17) is 9.47 Å². The smallest absolute Gasteiger partial charge is 0.243 e. The van der Waals surface area contributed by atoms with Crippen LogP contribution < -0.4 is 9.47 Å². The molecule has 0 saturated carbocycles. The second-order valence-corrected chi connectivity index (χ2v) is 7.31. The average Bonchev–Trinajstić information content (AvgIpc) is 3.11. The van der Waals surface area contributed by atoms with Crippen molar-refractivity contribution >= 4 is 9.84 Å². The molecule has 0 radical (unpaired) electrons. The first-order valence-corrected chi connectivity index (χ1v) is 9.34. The Balaban J connectivity index is 1.88. The van der Waals surface area contributed by atoms with Crippen LogP contribution in [0.5, 0.6) is 11.5 Å². The van der Waals surface area contributed by atoms with Crippen molar-refractivity contribution in [2.45, 2.75) is 11.8 Å². The molecule has 0 fully saturated rings. The summed E-state index contributed by atoms with van der Waals surface area (Å²) in [4.78, 5) is 4.02. The fourth-order valence-corrected chi connectivity index (χ4v) is 2.67. The van der Waals surface area contributed by atoms with E-state index in [1.165, 1.54) is 0 Å². The summed E-state index contributed by atoms with van der Waals surface area (Å²) in [6, 6.07) is 14.9. The molecule has 0 spiro atoms. The second-order valence-electron chi connectivity index (χ2n) is 5.38. The highest BCUT2D eigenvalue weighted by molar-refractivity contribution is 7.90. The minimum atomic E-state index is -3.44. The Kier molecular flexibility index (Phi) is 4.71. The third-order valence-electron chi connectivity index (χ3n) is 3.48. The molecule has 0 bridgehead atoms. The Bertz CT molecular complexity index is 969. The third-order valence-corrected chi connectivity index (χ3v) is 4.36. The number of rotatable bonds is 6. The van der Waals surface area contributed by atoms with Gasteiger partial charge in [0, 0.05) is 11.8 Å². The standard InChI is InChI=1S/C17H17N3O4S/c1-23-14-9-8-13(16-18-17(20-19-16)25(2,21)22)10-15(14)24-11-12-6-4-3-5-7-12/h3-10H,11H2,1-2H3,(H,18,19,20). The SMILES string of the molecule is COc1ccc(-c2n[nH]c(S(C)(=O)=O)n2)cc1OCc1ccccc1. The summed E-state index contributed by atoms with van der Waals surface area (Å²) < 4.78 is 34.2. The normalized spacial score (nSPS) is 11.3. The molecule has 0 amide bonds. The Morgan fingerprint density at radius 1 is 1.08 bits per heavy atom. The number of hydrogen-bond donors (Lipinski definition) is 1. The number of H-pyrrole nitrogens is 1. The fraction of sp³-hybridized carbons (Fsp3) is 0.176. The van der Waals surface area contributed by atoms with E-state index in [1.807, 2.05) is 30.3 Å². The molecule has 3 aromatic rings. The van der Waals surface area contributed by atoms with Crippen molar-refractivity contribution in [2.24, 2.45) is 0 Å². The number of hydrogen-bond acceptors (Lipinski definition) is 6. The summed E-state index contributed by atoms with van der Waals surface area (Å²) in [5.41, 5.74) is 1.64. The first-order chi connectivity index (χ1) is 12.0. The van der Waals surface area contributed by atoms with E-state index in [1.54, 1.807) is 25.3 Å². The van der Waals surface area contributed by atoms with Gasteiger partial charge in [0.15, 0.2) is 17.3 Å². The molecule has 7 nitrogen and oxygen atoms in total. The molecule has 1 heterocycles. The van der Waals surface area contributed by atoms with E-state index in [0.717, 1.165) is 11.8 Å². The average molecular weight is 359 g/mol. The Hall–Kier alpha value is -2.87. The van der Waals surface area contributed by atoms with Gasteiger partial charge in [0.25, 0.3) is 0 Å². The summed E-state index contributed by atoms with van der Waals surface area (Å²) in [6.45, 7) is 0.378. The highest BCUT2D eigenvalue weighted by Crippen LogP contribution is 2.32. The van der Waals surface area contributed by atoms with E-state index < -0.39 is 9.84 Å². The number of sulfone groups is 1. The number of nitrogens with zero attached hydrogens (tertiary/aromatic N) is 2. The predicted molar refractivity (Wildman–Crippen MR) is 92.3 cm³/mol. The highest BCUT2D eigenvalue weighted by Gasteiger charge is 2.16. The van der Waals surface area contributed by atoms with Crippen LogP contribution in [0.2, 0.25) is 0 Å². The molecule has 1 aromatic heterocycles. The first kappa shape index (κ1) is 17.0. The van der Waals surface area contributed by atoms with Crippen LogP contribution >= 0.6 is 0 Å². The van der Waals surface area contributed by atoms with Gasteiger partial charge in [-0.2, -0.15) is 10.1 Å². The highest BCUT2D eigenvalue weighted by atomic mass is 32.2. The molecule has 0 aliphatic carbocycles. The van der Waals surface area contributed by atoms with Crippen molar-refractivity contribution in [1.82, 2.24) is 15.2 Å². The van der Waals surface area contributed by atoms with Gasteiger partial charge < -0.3 is 9.47 Å². The minimum Gasteiger partial charge on any atom is -0.493 e. The quantitative estimate of drug-likeness (QED) is 0.726. The molecule has 8 heteroatoms. The zero-order valence-electron chi connectivity index (χ0n) is 13.8. The Morgan fingerprint density at radius 3 is 2.48 bits per heavy atom. The Morgan fingerprint density at radius 2 is 1.84 bits per heavy atom. The van der Waals surface area contributed by atoms with E-state index in [-0.39, 0.29) is 11.0 Å². The number of aromatic nitrogens is 3. The van der Waals surface area contributed by atoms with Crippen molar-refractivity contribution < 1.29 is 17.9 Å². The Labute approximate surface area is 145 Å². The van der Waals surface area contributed by atoms with Gasteiger partial charge in [0.05, 0.1) is 7.11 Å². The molecule has 25 heavy (non-hydrogen) atoms. The van der Waals surface area contributed by atoms with Crippen molar-refractivity contribution in [3.8, 4) is 22.9 Å². The van der Waals surface area contributed by atoms with Gasteiger partial charge in [-0.3, -0.25) is 0 Å². The van der Waals surface area contributed by atoms with Gasteiger partial charge in [-0.05, 0) is 23.8 Å². The lowest BCUT2D eigenvalue weighted by Crippen LogP contribution is -1.99. The van der Waals surface area contributed by atoms with Gasteiger partial charge in [-0.1, -0.05) is 30.3 Å².